The number of methoxy groups -OCH3 is 1. The second-order valence-corrected chi connectivity index (χ2v) is 8.35. The molecule has 11 nitrogen and oxygen atoms in total. The highest BCUT2D eigenvalue weighted by molar-refractivity contribution is 6.12. The summed E-state index contributed by atoms with van der Waals surface area (Å²) in [6.45, 7) is 7.06. The third kappa shape index (κ3) is 5.15. The Morgan fingerprint density at radius 3 is 2.67 bits per heavy atom. The SMILES string of the molecule is C=CC(=O)Nc1cc(Nc2nc(/C(C=N)=C/NC)c3cc[nH]c3n2)c(OC)cc1N1CCN(C)CC1. The minimum atomic E-state index is -0.305. The summed E-state index contributed by atoms with van der Waals surface area (Å²) in [5, 5.41) is 17.7. The van der Waals surface area contributed by atoms with E-state index in [-0.39, 0.29) is 5.91 Å². The van der Waals surface area contributed by atoms with E-state index in [0.29, 0.717) is 40.0 Å². The average molecular weight is 490 g/mol. The quantitative estimate of drug-likeness (QED) is 0.229. The van der Waals surface area contributed by atoms with Crippen LogP contribution in [0, 0.1) is 5.41 Å². The number of amides is 1. The van der Waals surface area contributed by atoms with Gasteiger partial charge in [-0.1, -0.05) is 6.58 Å². The Morgan fingerprint density at radius 1 is 1.22 bits per heavy atom. The number of ether oxygens (including phenoxy) is 1. The number of piperazine rings is 1. The molecule has 0 spiro atoms. The Hall–Kier alpha value is -4.38. The third-order valence-corrected chi connectivity index (χ3v) is 6.00. The Balaban J connectivity index is 1.77. The van der Waals surface area contributed by atoms with Gasteiger partial charge in [0.05, 0.1) is 29.9 Å². The van der Waals surface area contributed by atoms with E-state index >= 15 is 0 Å². The van der Waals surface area contributed by atoms with E-state index < -0.39 is 0 Å². The molecule has 0 bridgehead atoms. The Labute approximate surface area is 209 Å². The minimum absolute atomic E-state index is 0.305. The van der Waals surface area contributed by atoms with Gasteiger partial charge in [-0.05, 0) is 25.3 Å². The number of rotatable bonds is 9. The first kappa shape index (κ1) is 24.7. The van der Waals surface area contributed by atoms with Crippen molar-refractivity contribution in [1.82, 2.24) is 25.2 Å². The van der Waals surface area contributed by atoms with E-state index in [4.69, 9.17) is 10.1 Å². The molecule has 1 aliphatic heterocycles. The van der Waals surface area contributed by atoms with E-state index in [1.165, 1.54) is 12.3 Å². The van der Waals surface area contributed by atoms with Crippen molar-refractivity contribution in [3.63, 3.8) is 0 Å². The molecule has 5 N–H and O–H groups in total. The molecule has 1 aromatic carbocycles. The molecule has 1 saturated heterocycles. The van der Waals surface area contributed by atoms with Crippen molar-refractivity contribution in [2.75, 3.05) is 62.9 Å². The van der Waals surface area contributed by atoms with Gasteiger partial charge in [-0.3, -0.25) is 4.79 Å². The molecule has 4 rings (SSSR count). The second-order valence-electron chi connectivity index (χ2n) is 8.35. The molecule has 1 aliphatic rings. The zero-order valence-electron chi connectivity index (χ0n) is 20.7. The van der Waals surface area contributed by atoms with Crippen LogP contribution in [0.2, 0.25) is 0 Å². The van der Waals surface area contributed by atoms with Gasteiger partial charge < -0.3 is 40.9 Å². The van der Waals surface area contributed by atoms with Crippen LogP contribution in [0.1, 0.15) is 5.69 Å². The highest BCUT2D eigenvalue weighted by Gasteiger charge is 2.21. The maximum atomic E-state index is 12.3. The van der Waals surface area contributed by atoms with E-state index in [2.05, 4.69) is 54.3 Å². The summed E-state index contributed by atoms with van der Waals surface area (Å²) in [6.07, 6.45) is 5.97. The minimum Gasteiger partial charge on any atom is -0.494 e. The number of allylic oxidation sites excluding steroid dienone is 1. The molecule has 0 atom stereocenters. The number of carbonyl (C=O) groups is 1. The van der Waals surface area contributed by atoms with E-state index in [1.807, 2.05) is 18.2 Å². The van der Waals surface area contributed by atoms with Gasteiger partial charge >= 0.3 is 0 Å². The summed E-state index contributed by atoms with van der Waals surface area (Å²) in [4.78, 5) is 29.1. The van der Waals surface area contributed by atoms with Gasteiger partial charge in [0.1, 0.15) is 11.4 Å². The molecule has 1 amide bonds. The number of anilines is 4. The van der Waals surface area contributed by atoms with Crippen LogP contribution >= 0.6 is 0 Å². The summed E-state index contributed by atoms with van der Waals surface area (Å²) in [7, 11) is 5.46. The van der Waals surface area contributed by atoms with Gasteiger partial charge in [0.15, 0.2) is 0 Å². The lowest BCUT2D eigenvalue weighted by Crippen LogP contribution is -2.44. The molecular weight excluding hydrogens is 458 g/mol. The van der Waals surface area contributed by atoms with Crippen molar-refractivity contribution < 1.29 is 9.53 Å². The first-order valence-corrected chi connectivity index (χ1v) is 11.6. The number of benzene rings is 1. The molecule has 3 heterocycles. The maximum Gasteiger partial charge on any atom is 0.247 e. The van der Waals surface area contributed by atoms with Gasteiger partial charge in [-0.15, -0.1) is 0 Å². The standard InChI is InChI=1S/C25H31N9O2/c1-5-22(35)29-18-12-19(21(36-4)13-20(18)34-10-8-33(3)9-11-34)30-25-31-23(16(14-26)15-27-2)17-6-7-28-24(17)32-25/h5-7,12-15,26-27H,1,8-11H2,2-4H3,(H,29,35)(H2,28,30,31,32)/b16-15+,26-14?. The zero-order valence-corrected chi connectivity index (χ0v) is 20.7. The molecule has 2 aromatic heterocycles. The van der Waals surface area contributed by atoms with Crippen LogP contribution in [-0.4, -0.2) is 79.4 Å². The second kappa shape index (κ2) is 10.9. The van der Waals surface area contributed by atoms with Crippen molar-refractivity contribution in [2.45, 2.75) is 0 Å². The lowest BCUT2D eigenvalue weighted by Gasteiger charge is -2.35. The van der Waals surface area contributed by atoms with Crippen molar-refractivity contribution in [3.8, 4) is 5.75 Å². The fourth-order valence-electron chi connectivity index (χ4n) is 4.10. The normalized spacial score (nSPS) is 14.4. The Kier molecular flexibility index (Phi) is 7.50. The van der Waals surface area contributed by atoms with Crippen LogP contribution in [0.3, 0.4) is 0 Å². The number of H-pyrrole nitrogens is 1. The van der Waals surface area contributed by atoms with Crippen molar-refractivity contribution in [3.05, 3.63) is 48.9 Å². The van der Waals surface area contributed by atoms with Crippen molar-refractivity contribution >= 4 is 51.7 Å². The van der Waals surface area contributed by atoms with E-state index in [1.54, 1.807) is 26.6 Å². The number of nitrogens with one attached hydrogen (secondary N) is 5. The summed E-state index contributed by atoms with van der Waals surface area (Å²) in [6, 6.07) is 5.59. The van der Waals surface area contributed by atoms with Gasteiger partial charge in [-0.2, -0.15) is 4.98 Å². The number of nitrogens with zero attached hydrogens (tertiary/aromatic N) is 4. The fraction of sp³-hybridized carbons (Fsp3) is 0.280. The molecular formula is C25H31N9O2. The summed E-state index contributed by atoms with van der Waals surface area (Å²) >= 11 is 0. The van der Waals surface area contributed by atoms with Crippen LogP contribution in [0.15, 0.2) is 43.3 Å². The summed E-state index contributed by atoms with van der Waals surface area (Å²) < 4.78 is 5.71. The molecule has 0 aliphatic carbocycles. The number of hydrogen-bond acceptors (Lipinski definition) is 9. The topological polar surface area (TPSA) is 134 Å². The van der Waals surface area contributed by atoms with Gasteiger partial charge in [0, 0.05) is 68.9 Å². The highest BCUT2D eigenvalue weighted by atomic mass is 16.5. The molecule has 36 heavy (non-hydrogen) atoms. The summed E-state index contributed by atoms with van der Waals surface area (Å²) in [5.41, 5.74) is 3.90. The van der Waals surface area contributed by atoms with Gasteiger partial charge in [0.25, 0.3) is 0 Å². The first-order chi connectivity index (χ1) is 17.5. The number of likely N-dealkylation sites (N-methyl/N-ethyl adjacent to an activating group) is 1. The molecule has 0 saturated carbocycles. The van der Waals surface area contributed by atoms with E-state index in [9.17, 15) is 4.79 Å². The fourth-order valence-corrected chi connectivity index (χ4v) is 4.10. The third-order valence-electron chi connectivity index (χ3n) is 6.00. The van der Waals surface area contributed by atoms with Gasteiger partial charge in [0.2, 0.25) is 11.9 Å². The van der Waals surface area contributed by atoms with E-state index in [0.717, 1.165) is 37.3 Å². The average Bonchev–Trinajstić information content (AvgIpc) is 3.36. The molecule has 1 fully saturated rings. The maximum absolute atomic E-state index is 12.3. The van der Waals surface area contributed by atoms with Crippen molar-refractivity contribution in [2.24, 2.45) is 0 Å². The highest BCUT2D eigenvalue weighted by Crippen LogP contribution is 2.39. The van der Waals surface area contributed by atoms with Crippen LogP contribution in [0.25, 0.3) is 16.6 Å². The largest absolute Gasteiger partial charge is 0.494 e. The Bertz CT molecular complexity index is 1310. The molecule has 0 unspecified atom stereocenters. The monoisotopic (exact) mass is 489 g/mol. The predicted molar refractivity (Wildman–Crippen MR) is 145 cm³/mol. The first-order valence-electron chi connectivity index (χ1n) is 11.6. The molecule has 0 radical (unpaired) electrons. The smallest absolute Gasteiger partial charge is 0.247 e. The number of aromatic nitrogens is 3. The van der Waals surface area contributed by atoms with Gasteiger partial charge in [-0.25, -0.2) is 4.98 Å². The lowest BCUT2D eigenvalue weighted by molar-refractivity contribution is -0.111. The predicted octanol–water partition coefficient (Wildman–Crippen LogP) is 2.80. The van der Waals surface area contributed by atoms with Crippen molar-refractivity contribution in [1.29, 1.82) is 5.41 Å². The summed E-state index contributed by atoms with van der Waals surface area (Å²) in [5.74, 6) is 0.589. The number of aromatic amines is 1. The molecule has 188 valence electrons. The Morgan fingerprint density at radius 2 is 2.00 bits per heavy atom. The lowest BCUT2D eigenvalue weighted by atomic mass is 10.1. The van der Waals surface area contributed by atoms with Crippen LogP contribution < -0.4 is 25.6 Å². The molecule has 11 heteroatoms. The number of hydrogen-bond donors (Lipinski definition) is 5. The van der Waals surface area contributed by atoms with Crippen LogP contribution in [-0.2, 0) is 4.79 Å². The number of carbonyl (C=O) groups excluding carboxylic acids is 1. The van der Waals surface area contributed by atoms with Crippen LogP contribution in [0.4, 0.5) is 23.0 Å². The number of fused-ring (bicyclic) bond motifs is 1. The molecule has 3 aromatic rings. The van der Waals surface area contributed by atoms with Crippen LogP contribution in [0.5, 0.6) is 5.75 Å². The zero-order chi connectivity index (χ0) is 25.7.